The molecular weight excluding hydrogens is 284 g/mol. The molecule has 2 aromatic rings. The van der Waals surface area contributed by atoms with Gasteiger partial charge in [-0.25, -0.2) is 4.98 Å². The van der Waals surface area contributed by atoms with E-state index in [0.717, 1.165) is 22.8 Å². The second-order valence-corrected chi connectivity index (χ2v) is 5.74. The highest BCUT2D eigenvalue weighted by Crippen LogP contribution is 2.39. The van der Waals surface area contributed by atoms with Gasteiger partial charge in [0.25, 0.3) is 0 Å². The lowest BCUT2D eigenvalue weighted by atomic mass is 10.2. The van der Waals surface area contributed by atoms with Gasteiger partial charge in [-0.1, -0.05) is 11.6 Å². The summed E-state index contributed by atoms with van der Waals surface area (Å²) in [6.07, 6.45) is 0. The van der Waals surface area contributed by atoms with Crippen LogP contribution in [0, 0.1) is 6.92 Å². The fourth-order valence-electron chi connectivity index (χ4n) is 1.95. The molecule has 100 valence electrons. The standard InChI is InChI=1S/C13H13ClN2O2S/c1-8-16-10(6-19-8)5-15-4-9-2-11(14)13-12(3-9)17-7-18-13/h2-3,6,15H,4-5,7H2,1H3. The molecule has 0 saturated carbocycles. The zero-order valence-corrected chi connectivity index (χ0v) is 12.0. The topological polar surface area (TPSA) is 43.4 Å². The van der Waals surface area contributed by atoms with Crippen molar-refractivity contribution in [2.24, 2.45) is 0 Å². The highest BCUT2D eigenvalue weighted by atomic mass is 35.5. The number of halogens is 1. The van der Waals surface area contributed by atoms with Crippen molar-refractivity contribution in [1.29, 1.82) is 0 Å². The summed E-state index contributed by atoms with van der Waals surface area (Å²) in [4.78, 5) is 4.40. The van der Waals surface area contributed by atoms with Crippen LogP contribution in [0.5, 0.6) is 11.5 Å². The van der Waals surface area contributed by atoms with E-state index in [9.17, 15) is 0 Å². The molecule has 0 unspecified atom stereocenters. The molecule has 2 heterocycles. The number of nitrogens with one attached hydrogen (secondary N) is 1. The molecule has 0 amide bonds. The third kappa shape index (κ3) is 2.83. The second-order valence-electron chi connectivity index (χ2n) is 4.27. The molecule has 1 aliphatic heterocycles. The van der Waals surface area contributed by atoms with Gasteiger partial charge in [-0.05, 0) is 24.6 Å². The van der Waals surface area contributed by atoms with Crippen molar-refractivity contribution >= 4 is 22.9 Å². The molecule has 0 atom stereocenters. The minimum atomic E-state index is 0.240. The summed E-state index contributed by atoms with van der Waals surface area (Å²) >= 11 is 7.79. The number of ether oxygens (including phenoxy) is 2. The van der Waals surface area contributed by atoms with Gasteiger partial charge in [-0.3, -0.25) is 0 Å². The molecule has 1 aromatic carbocycles. The van der Waals surface area contributed by atoms with E-state index in [0.29, 0.717) is 23.1 Å². The quantitative estimate of drug-likeness (QED) is 0.941. The Morgan fingerprint density at radius 3 is 3.05 bits per heavy atom. The number of benzene rings is 1. The van der Waals surface area contributed by atoms with E-state index in [1.807, 2.05) is 19.1 Å². The van der Waals surface area contributed by atoms with Crippen LogP contribution in [-0.4, -0.2) is 11.8 Å². The summed E-state index contributed by atoms with van der Waals surface area (Å²) in [5.74, 6) is 1.36. The van der Waals surface area contributed by atoms with E-state index in [4.69, 9.17) is 21.1 Å². The minimum absolute atomic E-state index is 0.240. The Labute approximate surface area is 120 Å². The molecule has 6 heteroatoms. The molecule has 1 N–H and O–H groups in total. The molecule has 4 nitrogen and oxygen atoms in total. The predicted octanol–water partition coefficient (Wildman–Crippen LogP) is 3.12. The average molecular weight is 297 g/mol. The Morgan fingerprint density at radius 2 is 2.26 bits per heavy atom. The van der Waals surface area contributed by atoms with Crippen LogP contribution in [0.15, 0.2) is 17.5 Å². The van der Waals surface area contributed by atoms with Crippen molar-refractivity contribution in [2.45, 2.75) is 20.0 Å². The molecular formula is C13H13ClN2O2S. The Balaban J connectivity index is 1.63. The fourth-order valence-corrected chi connectivity index (χ4v) is 2.85. The van der Waals surface area contributed by atoms with Crippen molar-refractivity contribution in [2.75, 3.05) is 6.79 Å². The Hall–Kier alpha value is -1.30. The van der Waals surface area contributed by atoms with E-state index in [1.54, 1.807) is 11.3 Å². The Kier molecular flexibility index (Phi) is 3.59. The third-order valence-corrected chi connectivity index (χ3v) is 3.89. The highest BCUT2D eigenvalue weighted by Gasteiger charge is 2.17. The number of nitrogens with zero attached hydrogens (tertiary/aromatic N) is 1. The average Bonchev–Trinajstić information content (AvgIpc) is 2.98. The minimum Gasteiger partial charge on any atom is -0.454 e. The Morgan fingerprint density at radius 1 is 1.37 bits per heavy atom. The SMILES string of the molecule is Cc1nc(CNCc2cc(Cl)c3c(c2)OCO3)cs1. The second kappa shape index (κ2) is 5.36. The van der Waals surface area contributed by atoms with E-state index in [2.05, 4.69) is 15.7 Å². The maximum Gasteiger partial charge on any atom is 0.231 e. The summed E-state index contributed by atoms with van der Waals surface area (Å²) in [6, 6.07) is 3.85. The van der Waals surface area contributed by atoms with Gasteiger partial charge in [0.05, 0.1) is 15.7 Å². The third-order valence-electron chi connectivity index (χ3n) is 2.79. The molecule has 0 bridgehead atoms. The van der Waals surface area contributed by atoms with E-state index in [-0.39, 0.29) is 6.79 Å². The van der Waals surface area contributed by atoms with Gasteiger partial charge >= 0.3 is 0 Å². The zero-order chi connectivity index (χ0) is 13.2. The molecule has 1 aliphatic rings. The van der Waals surface area contributed by atoms with Crippen LogP contribution < -0.4 is 14.8 Å². The van der Waals surface area contributed by atoms with Crippen LogP contribution in [-0.2, 0) is 13.1 Å². The lowest BCUT2D eigenvalue weighted by Crippen LogP contribution is -2.12. The first-order valence-corrected chi connectivity index (χ1v) is 7.18. The maximum absolute atomic E-state index is 6.13. The lowest BCUT2D eigenvalue weighted by Gasteiger charge is -2.06. The van der Waals surface area contributed by atoms with E-state index >= 15 is 0 Å². The zero-order valence-electron chi connectivity index (χ0n) is 10.4. The molecule has 3 rings (SSSR count). The van der Waals surface area contributed by atoms with Crippen LogP contribution >= 0.6 is 22.9 Å². The first-order valence-electron chi connectivity index (χ1n) is 5.92. The number of hydrogen-bond donors (Lipinski definition) is 1. The number of aromatic nitrogens is 1. The monoisotopic (exact) mass is 296 g/mol. The van der Waals surface area contributed by atoms with Crippen LogP contribution in [0.1, 0.15) is 16.3 Å². The fraction of sp³-hybridized carbons (Fsp3) is 0.308. The van der Waals surface area contributed by atoms with Gasteiger partial charge < -0.3 is 14.8 Å². The first kappa shape index (κ1) is 12.7. The van der Waals surface area contributed by atoms with Crippen molar-refractivity contribution in [3.8, 4) is 11.5 Å². The molecule has 0 spiro atoms. The van der Waals surface area contributed by atoms with E-state index in [1.165, 1.54) is 0 Å². The summed E-state index contributed by atoms with van der Waals surface area (Å²) in [5.41, 5.74) is 2.13. The molecule has 1 aromatic heterocycles. The number of hydrogen-bond acceptors (Lipinski definition) is 5. The van der Waals surface area contributed by atoms with Crippen molar-refractivity contribution < 1.29 is 9.47 Å². The van der Waals surface area contributed by atoms with E-state index < -0.39 is 0 Å². The van der Waals surface area contributed by atoms with Gasteiger partial charge in [0.15, 0.2) is 11.5 Å². The van der Waals surface area contributed by atoms with Gasteiger partial charge in [-0.2, -0.15) is 0 Å². The summed E-state index contributed by atoms with van der Waals surface area (Å²) in [5, 5.41) is 7.08. The predicted molar refractivity (Wildman–Crippen MR) is 75.0 cm³/mol. The highest BCUT2D eigenvalue weighted by molar-refractivity contribution is 7.09. The molecule has 0 fully saturated rings. The van der Waals surface area contributed by atoms with Crippen molar-refractivity contribution in [3.05, 3.63) is 38.8 Å². The molecule has 0 aliphatic carbocycles. The summed E-state index contributed by atoms with van der Waals surface area (Å²) in [6.45, 7) is 3.71. The van der Waals surface area contributed by atoms with Crippen molar-refractivity contribution in [1.82, 2.24) is 10.3 Å². The van der Waals surface area contributed by atoms with Crippen molar-refractivity contribution in [3.63, 3.8) is 0 Å². The maximum atomic E-state index is 6.13. The van der Waals surface area contributed by atoms with Crippen LogP contribution in [0.2, 0.25) is 5.02 Å². The number of aryl methyl sites for hydroxylation is 1. The summed E-state index contributed by atoms with van der Waals surface area (Å²) < 4.78 is 10.6. The number of fused-ring (bicyclic) bond motifs is 1. The van der Waals surface area contributed by atoms with Gasteiger partial charge in [0.1, 0.15) is 0 Å². The van der Waals surface area contributed by atoms with Crippen LogP contribution in [0.3, 0.4) is 0 Å². The Bertz CT molecular complexity index is 600. The van der Waals surface area contributed by atoms with Gasteiger partial charge in [0.2, 0.25) is 6.79 Å². The largest absolute Gasteiger partial charge is 0.454 e. The first-order chi connectivity index (χ1) is 9.22. The van der Waals surface area contributed by atoms with Crippen LogP contribution in [0.4, 0.5) is 0 Å². The van der Waals surface area contributed by atoms with Crippen LogP contribution in [0.25, 0.3) is 0 Å². The molecule has 0 radical (unpaired) electrons. The van der Waals surface area contributed by atoms with Gasteiger partial charge in [0, 0.05) is 18.5 Å². The summed E-state index contributed by atoms with van der Waals surface area (Å²) in [7, 11) is 0. The molecule has 19 heavy (non-hydrogen) atoms. The lowest BCUT2D eigenvalue weighted by molar-refractivity contribution is 0.174. The number of thiazole rings is 1. The molecule has 0 saturated heterocycles. The smallest absolute Gasteiger partial charge is 0.231 e. The normalized spacial score (nSPS) is 12.9. The number of rotatable bonds is 4. The van der Waals surface area contributed by atoms with Gasteiger partial charge in [-0.15, -0.1) is 11.3 Å².